The number of nitrogens with one attached hydrogen (secondary N) is 3. The number of carbonyl (C=O) groups excluding carboxylic acids is 1. The van der Waals surface area contributed by atoms with Crippen molar-refractivity contribution in [1.29, 1.82) is 0 Å². The molecule has 7 nitrogen and oxygen atoms in total. The topological polar surface area (TPSA) is 91.8 Å². The summed E-state index contributed by atoms with van der Waals surface area (Å²) in [5, 5.41) is 10.9. The van der Waals surface area contributed by atoms with Gasteiger partial charge in [0.05, 0.1) is 6.04 Å². The van der Waals surface area contributed by atoms with Crippen LogP contribution in [-0.4, -0.2) is 33.8 Å². The summed E-state index contributed by atoms with van der Waals surface area (Å²) in [6.07, 6.45) is 7.71. The number of pyridine rings is 1. The van der Waals surface area contributed by atoms with Gasteiger partial charge in [0.1, 0.15) is 5.54 Å². The molecule has 8 heteroatoms. The highest BCUT2D eigenvalue weighted by Gasteiger charge is 2.43. The van der Waals surface area contributed by atoms with Gasteiger partial charge in [-0.1, -0.05) is 0 Å². The minimum atomic E-state index is -0.644. The van der Waals surface area contributed by atoms with Crippen LogP contribution in [0.5, 0.6) is 0 Å². The summed E-state index contributed by atoms with van der Waals surface area (Å²) in [5.41, 5.74) is 1.25. The molecule has 1 aliphatic heterocycles. The molecule has 3 heterocycles. The molecule has 2 aromatic heterocycles. The highest BCUT2D eigenvalue weighted by molar-refractivity contribution is 5.85. The fourth-order valence-electron chi connectivity index (χ4n) is 4.07. The minimum Gasteiger partial charge on any atom is -0.347 e. The molecule has 1 saturated heterocycles. The molecule has 1 amide bonds. The van der Waals surface area contributed by atoms with Crippen LogP contribution in [0.15, 0.2) is 35.4 Å². The lowest BCUT2D eigenvalue weighted by Gasteiger charge is -2.38. The van der Waals surface area contributed by atoms with Crippen molar-refractivity contribution in [3.8, 4) is 0 Å². The zero-order valence-corrected chi connectivity index (χ0v) is 15.3. The number of amides is 1. The molecule has 0 radical (unpaired) electrons. The van der Waals surface area contributed by atoms with E-state index in [1.807, 2.05) is 18.3 Å². The first-order valence-corrected chi connectivity index (χ1v) is 8.93. The lowest BCUT2D eigenvalue weighted by molar-refractivity contribution is -0.133. The Kier molecular flexibility index (Phi) is 5.48. The molecule has 2 aromatic rings. The molecule has 0 saturated carbocycles. The van der Waals surface area contributed by atoms with Crippen molar-refractivity contribution < 1.29 is 4.79 Å². The van der Waals surface area contributed by atoms with Crippen LogP contribution in [0.4, 0.5) is 0 Å². The summed E-state index contributed by atoms with van der Waals surface area (Å²) in [6.45, 7) is 1.59. The van der Waals surface area contributed by atoms with Gasteiger partial charge < -0.3 is 15.6 Å². The van der Waals surface area contributed by atoms with Crippen molar-refractivity contribution in [3.63, 3.8) is 0 Å². The number of halogens is 1. The van der Waals surface area contributed by atoms with Crippen molar-refractivity contribution in [1.82, 2.24) is 25.4 Å². The average molecular weight is 378 g/mol. The third kappa shape index (κ3) is 3.29. The Labute approximate surface area is 158 Å². The molecule has 1 atom stereocenters. The summed E-state index contributed by atoms with van der Waals surface area (Å²) in [5.74, 6) is 0.0155. The third-order valence-electron chi connectivity index (χ3n) is 5.43. The van der Waals surface area contributed by atoms with E-state index in [1.165, 1.54) is 6.07 Å². The molecule has 0 spiro atoms. The van der Waals surface area contributed by atoms with E-state index < -0.39 is 5.54 Å². The molecule has 1 fully saturated rings. The van der Waals surface area contributed by atoms with Crippen molar-refractivity contribution in [2.24, 2.45) is 0 Å². The van der Waals surface area contributed by atoms with Gasteiger partial charge in [0.25, 0.3) is 0 Å². The molecule has 140 valence electrons. The van der Waals surface area contributed by atoms with Crippen LogP contribution >= 0.6 is 12.4 Å². The Morgan fingerprint density at radius 1 is 1.31 bits per heavy atom. The summed E-state index contributed by atoms with van der Waals surface area (Å²) in [6, 6.07) is 5.19. The number of aryl methyl sites for hydroxylation is 1. The van der Waals surface area contributed by atoms with E-state index in [4.69, 9.17) is 0 Å². The monoisotopic (exact) mass is 377 g/mol. The maximum absolute atomic E-state index is 13.3. The second-order valence-corrected chi connectivity index (χ2v) is 6.91. The molecule has 3 N–H and O–H groups in total. The first-order valence-electron chi connectivity index (χ1n) is 8.93. The zero-order chi connectivity index (χ0) is 17.3. The van der Waals surface area contributed by atoms with E-state index in [0.717, 1.165) is 43.6 Å². The van der Waals surface area contributed by atoms with E-state index >= 15 is 0 Å². The Balaban J connectivity index is 0.00000196. The highest BCUT2D eigenvalue weighted by atomic mass is 35.5. The molecular weight excluding hydrogens is 354 g/mol. The van der Waals surface area contributed by atoms with Crippen molar-refractivity contribution >= 4 is 18.3 Å². The van der Waals surface area contributed by atoms with Gasteiger partial charge in [-0.25, -0.2) is 0 Å². The lowest BCUT2D eigenvalue weighted by Crippen LogP contribution is -2.55. The molecule has 26 heavy (non-hydrogen) atoms. The van der Waals surface area contributed by atoms with Crippen LogP contribution in [0.25, 0.3) is 0 Å². The van der Waals surface area contributed by atoms with Crippen LogP contribution in [0.3, 0.4) is 0 Å². The summed E-state index contributed by atoms with van der Waals surface area (Å²) >= 11 is 0. The maximum atomic E-state index is 13.3. The van der Waals surface area contributed by atoms with E-state index in [0.29, 0.717) is 12.8 Å². The standard InChI is InChI=1S/C18H23N5O2.ClH/c24-16-6-5-13-14(21-16)3-1-4-15(13)22-17(25)18(7-10-19-11-8-18)23-12-2-9-20-23;/h2,5-6,9,12,15,19H,1,3-4,7-8,10-11H2,(H,21,24)(H,22,25);1H. The first kappa shape index (κ1) is 18.7. The number of nitrogens with zero attached hydrogens (tertiary/aromatic N) is 2. The molecule has 1 aliphatic carbocycles. The van der Waals surface area contributed by atoms with Crippen molar-refractivity contribution in [2.75, 3.05) is 13.1 Å². The SMILES string of the molecule is Cl.O=C(NC1CCCc2[nH]c(=O)ccc21)C1(n2cccn2)CCNCC1. The smallest absolute Gasteiger partial charge is 0.248 e. The Bertz CT molecular complexity index is 811. The van der Waals surface area contributed by atoms with Crippen molar-refractivity contribution in [3.05, 3.63) is 52.2 Å². The number of hydrogen-bond donors (Lipinski definition) is 3. The Morgan fingerprint density at radius 2 is 2.12 bits per heavy atom. The first-order chi connectivity index (χ1) is 12.2. The summed E-state index contributed by atoms with van der Waals surface area (Å²) in [4.78, 5) is 27.8. The van der Waals surface area contributed by atoms with Crippen LogP contribution in [0.2, 0.25) is 0 Å². The van der Waals surface area contributed by atoms with Crippen LogP contribution in [-0.2, 0) is 16.8 Å². The molecular formula is C18H24ClN5O2. The molecule has 2 aliphatic rings. The van der Waals surface area contributed by atoms with Gasteiger partial charge in [-0.05, 0) is 62.9 Å². The number of aromatic nitrogens is 3. The second kappa shape index (κ2) is 7.63. The van der Waals surface area contributed by atoms with Crippen LogP contribution < -0.4 is 16.2 Å². The van der Waals surface area contributed by atoms with E-state index in [9.17, 15) is 9.59 Å². The van der Waals surface area contributed by atoms with Crippen LogP contribution in [0, 0.1) is 0 Å². The van der Waals surface area contributed by atoms with Crippen molar-refractivity contribution in [2.45, 2.75) is 43.7 Å². The van der Waals surface area contributed by atoms with Gasteiger partial charge >= 0.3 is 0 Å². The number of carbonyl (C=O) groups is 1. The predicted molar refractivity (Wildman–Crippen MR) is 100 cm³/mol. The van der Waals surface area contributed by atoms with Gasteiger partial charge in [0.15, 0.2) is 0 Å². The van der Waals surface area contributed by atoms with Gasteiger partial charge in [0.2, 0.25) is 11.5 Å². The average Bonchev–Trinajstić information content (AvgIpc) is 3.17. The Morgan fingerprint density at radius 3 is 2.85 bits per heavy atom. The quantitative estimate of drug-likeness (QED) is 0.751. The number of hydrogen-bond acceptors (Lipinski definition) is 4. The van der Waals surface area contributed by atoms with Crippen LogP contribution in [0.1, 0.15) is 43.0 Å². The van der Waals surface area contributed by atoms with E-state index in [2.05, 4.69) is 20.7 Å². The fraction of sp³-hybridized carbons (Fsp3) is 0.500. The van der Waals surface area contributed by atoms with E-state index in [-0.39, 0.29) is 29.9 Å². The molecule has 0 aromatic carbocycles. The van der Waals surface area contributed by atoms with Gasteiger partial charge in [-0.2, -0.15) is 5.10 Å². The minimum absolute atomic E-state index is 0. The summed E-state index contributed by atoms with van der Waals surface area (Å²) in [7, 11) is 0. The third-order valence-corrected chi connectivity index (χ3v) is 5.43. The number of fused-ring (bicyclic) bond motifs is 1. The molecule has 4 rings (SSSR count). The normalized spacial score (nSPS) is 21.3. The van der Waals surface area contributed by atoms with Gasteiger partial charge in [-0.3, -0.25) is 14.3 Å². The summed E-state index contributed by atoms with van der Waals surface area (Å²) < 4.78 is 1.81. The van der Waals surface area contributed by atoms with Gasteiger partial charge in [-0.15, -0.1) is 12.4 Å². The molecule has 1 unspecified atom stereocenters. The predicted octanol–water partition coefficient (Wildman–Crippen LogP) is 1.27. The number of H-pyrrole nitrogens is 1. The second-order valence-electron chi connectivity index (χ2n) is 6.91. The lowest BCUT2D eigenvalue weighted by atomic mass is 9.85. The zero-order valence-electron chi connectivity index (χ0n) is 14.5. The number of rotatable bonds is 3. The van der Waals surface area contributed by atoms with Gasteiger partial charge in [0, 0.05) is 24.2 Å². The highest BCUT2D eigenvalue weighted by Crippen LogP contribution is 2.32. The number of piperidine rings is 1. The van der Waals surface area contributed by atoms with E-state index in [1.54, 1.807) is 10.9 Å². The fourth-order valence-corrected chi connectivity index (χ4v) is 4.07. The maximum Gasteiger partial charge on any atom is 0.248 e. The number of aromatic amines is 1. The molecule has 0 bridgehead atoms. The largest absolute Gasteiger partial charge is 0.347 e. The Hall–Kier alpha value is -2.12.